The molecule has 0 unspecified atom stereocenters. The molecule has 170 valence electrons. The van der Waals surface area contributed by atoms with E-state index in [0.717, 1.165) is 52.2 Å². The van der Waals surface area contributed by atoms with E-state index in [9.17, 15) is 4.79 Å². The molecule has 5 nitrogen and oxygen atoms in total. The highest BCUT2D eigenvalue weighted by atomic mass is 35.5. The molecule has 1 aromatic carbocycles. The number of hydrogen-bond donors (Lipinski definition) is 1. The smallest absolute Gasteiger partial charge is 0.234 e. The number of amides is 1. The van der Waals surface area contributed by atoms with Gasteiger partial charge in [0.1, 0.15) is 16.2 Å². The molecule has 0 aliphatic heterocycles. The van der Waals surface area contributed by atoms with Gasteiger partial charge in [0, 0.05) is 16.1 Å². The number of thiophene rings is 1. The molecule has 0 saturated heterocycles. The van der Waals surface area contributed by atoms with Gasteiger partial charge >= 0.3 is 0 Å². The number of unbranched alkanes of at least 4 members (excludes halogenated alkanes) is 1. The monoisotopic (exact) mass is 516 g/mol. The predicted octanol–water partition coefficient (Wildman–Crippen LogP) is 7.11. The molecule has 4 aromatic rings. The van der Waals surface area contributed by atoms with Gasteiger partial charge < -0.3 is 5.32 Å². The minimum atomic E-state index is -0.155. The first-order chi connectivity index (χ1) is 16.0. The Balaban J connectivity index is 1.43. The molecule has 1 aliphatic rings. The summed E-state index contributed by atoms with van der Waals surface area (Å²) in [7, 11) is 0. The fourth-order valence-corrected chi connectivity index (χ4v) is 6.83. The summed E-state index contributed by atoms with van der Waals surface area (Å²) in [4.78, 5) is 27.8. The third-order valence-electron chi connectivity index (χ3n) is 5.84. The van der Waals surface area contributed by atoms with Crippen molar-refractivity contribution in [3.8, 4) is 0 Å². The number of nitrogens with zero attached hydrogens (tertiary/aromatic N) is 3. The van der Waals surface area contributed by atoms with Crippen LogP contribution in [-0.4, -0.2) is 26.6 Å². The van der Waals surface area contributed by atoms with Crippen LogP contribution in [-0.2, 0) is 24.1 Å². The van der Waals surface area contributed by atoms with Gasteiger partial charge in [-0.3, -0.25) is 4.79 Å². The van der Waals surface area contributed by atoms with Crippen LogP contribution in [0.1, 0.15) is 43.0 Å². The number of pyridine rings is 1. The molecule has 1 N–H and O–H groups in total. The van der Waals surface area contributed by atoms with Crippen molar-refractivity contribution >= 4 is 78.3 Å². The van der Waals surface area contributed by atoms with Gasteiger partial charge in [-0.25, -0.2) is 15.0 Å². The van der Waals surface area contributed by atoms with E-state index in [1.807, 2.05) is 0 Å². The first-order valence-corrected chi connectivity index (χ1v) is 13.6. The second-order valence-corrected chi connectivity index (χ2v) is 10.9. The van der Waals surface area contributed by atoms with Crippen molar-refractivity contribution in [1.29, 1.82) is 0 Å². The zero-order valence-electron chi connectivity index (χ0n) is 18.1. The third-order valence-corrected chi connectivity index (χ3v) is 8.58. The number of fused-ring (bicyclic) bond motifs is 5. The number of benzene rings is 1. The van der Waals surface area contributed by atoms with Crippen LogP contribution in [0.15, 0.2) is 29.6 Å². The highest BCUT2D eigenvalue weighted by Crippen LogP contribution is 2.42. The van der Waals surface area contributed by atoms with Gasteiger partial charge in [0.05, 0.1) is 26.7 Å². The molecule has 0 saturated carbocycles. The molecule has 0 bridgehead atoms. The second-order valence-electron chi connectivity index (χ2n) is 8.07. The molecular weight excluding hydrogens is 495 g/mol. The van der Waals surface area contributed by atoms with E-state index in [2.05, 4.69) is 22.2 Å². The maximum absolute atomic E-state index is 12.6. The quantitative estimate of drug-likeness (QED) is 0.209. The van der Waals surface area contributed by atoms with Crippen molar-refractivity contribution in [3.63, 3.8) is 0 Å². The standard InChI is InChI=1S/C24H22Cl2N4OS2/c1-2-3-7-17-14-5-4-6-15(14)20-21-22(33-23(20)30-17)24(28-12-27-21)32-11-19(31)29-18-9-8-13(25)10-16(18)26/h8-10,12H,2-7,11H2,1H3,(H,29,31). The summed E-state index contributed by atoms with van der Waals surface area (Å²) in [6.07, 6.45) is 8.30. The van der Waals surface area contributed by atoms with Crippen LogP contribution in [0.5, 0.6) is 0 Å². The van der Waals surface area contributed by atoms with Crippen molar-refractivity contribution in [1.82, 2.24) is 15.0 Å². The number of rotatable bonds is 7. The molecule has 3 aromatic heterocycles. The fourth-order valence-electron chi connectivity index (χ4n) is 4.32. The topological polar surface area (TPSA) is 67.8 Å². The molecule has 33 heavy (non-hydrogen) atoms. The van der Waals surface area contributed by atoms with Crippen LogP contribution in [0.25, 0.3) is 20.4 Å². The Bertz CT molecular complexity index is 1370. The van der Waals surface area contributed by atoms with Crippen LogP contribution in [0, 0.1) is 0 Å². The summed E-state index contributed by atoms with van der Waals surface area (Å²) >= 11 is 15.1. The van der Waals surface area contributed by atoms with Crippen LogP contribution in [0.4, 0.5) is 5.69 Å². The van der Waals surface area contributed by atoms with Gasteiger partial charge in [-0.1, -0.05) is 48.3 Å². The number of nitrogens with one attached hydrogen (secondary N) is 1. The number of anilines is 1. The van der Waals surface area contributed by atoms with Gasteiger partial charge in [0.2, 0.25) is 5.91 Å². The van der Waals surface area contributed by atoms with Gasteiger partial charge in [-0.05, 0) is 61.4 Å². The van der Waals surface area contributed by atoms with Crippen LogP contribution < -0.4 is 5.32 Å². The Morgan fingerprint density at radius 3 is 2.88 bits per heavy atom. The average Bonchev–Trinajstić information content (AvgIpc) is 3.42. The Morgan fingerprint density at radius 1 is 1.21 bits per heavy atom. The Hall–Kier alpha value is -1.93. The molecule has 0 atom stereocenters. The number of carbonyl (C=O) groups is 1. The van der Waals surface area contributed by atoms with Crippen LogP contribution in [0.2, 0.25) is 10.0 Å². The fraction of sp³-hybridized carbons (Fsp3) is 0.333. The number of aromatic nitrogens is 3. The highest BCUT2D eigenvalue weighted by molar-refractivity contribution is 8.00. The Morgan fingerprint density at radius 2 is 2.06 bits per heavy atom. The number of halogens is 2. The Kier molecular flexibility index (Phi) is 6.74. The summed E-state index contributed by atoms with van der Waals surface area (Å²) in [6.45, 7) is 2.22. The molecule has 3 heterocycles. The normalized spacial score (nSPS) is 13.1. The van der Waals surface area contributed by atoms with Gasteiger partial charge in [-0.15, -0.1) is 11.3 Å². The van der Waals surface area contributed by atoms with E-state index in [1.54, 1.807) is 35.9 Å². The maximum atomic E-state index is 12.6. The molecular formula is C24H22Cl2N4OS2. The summed E-state index contributed by atoms with van der Waals surface area (Å²) < 4.78 is 1.00. The molecule has 0 radical (unpaired) electrons. The summed E-state index contributed by atoms with van der Waals surface area (Å²) in [6, 6.07) is 5.00. The molecule has 0 spiro atoms. The molecule has 1 aliphatic carbocycles. The van der Waals surface area contributed by atoms with Crippen molar-refractivity contribution in [3.05, 3.63) is 51.4 Å². The van der Waals surface area contributed by atoms with E-state index >= 15 is 0 Å². The highest BCUT2D eigenvalue weighted by Gasteiger charge is 2.24. The van der Waals surface area contributed by atoms with Crippen molar-refractivity contribution in [2.24, 2.45) is 0 Å². The first kappa shape index (κ1) is 22.8. The molecule has 9 heteroatoms. The third kappa shape index (κ3) is 4.56. The zero-order chi connectivity index (χ0) is 22.9. The van der Waals surface area contributed by atoms with Crippen molar-refractivity contribution in [2.75, 3.05) is 11.1 Å². The SMILES string of the molecule is CCCCc1nc2sc3c(SCC(=O)Nc4ccc(Cl)cc4Cl)ncnc3c2c2c1CCC2. The van der Waals surface area contributed by atoms with E-state index in [0.29, 0.717) is 15.7 Å². The van der Waals surface area contributed by atoms with Gasteiger partial charge in [0.15, 0.2) is 0 Å². The zero-order valence-corrected chi connectivity index (χ0v) is 21.2. The van der Waals surface area contributed by atoms with Gasteiger partial charge in [0.25, 0.3) is 0 Å². The molecule has 1 amide bonds. The van der Waals surface area contributed by atoms with E-state index in [4.69, 9.17) is 28.2 Å². The van der Waals surface area contributed by atoms with E-state index < -0.39 is 0 Å². The minimum absolute atomic E-state index is 0.155. The van der Waals surface area contributed by atoms with Crippen LogP contribution in [0.3, 0.4) is 0 Å². The Labute approximate surface area is 210 Å². The molecule has 0 fully saturated rings. The minimum Gasteiger partial charge on any atom is -0.324 e. The molecule has 5 rings (SSSR count). The lowest BCUT2D eigenvalue weighted by molar-refractivity contribution is -0.113. The maximum Gasteiger partial charge on any atom is 0.234 e. The van der Waals surface area contributed by atoms with E-state index in [-0.39, 0.29) is 11.7 Å². The lowest BCUT2D eigenvalue weighted by atomic mass is 10.0. The lowest BCUT2D eigenvalue weighted by Gasteiger charge is -2.08. The number of carbonyl (C=O) groups excluding carboxylic acids is 1. The van der Waals surface area contributed by atoms with Crippen molar-refractivity contribution < 1.29 is 4.79 Å². The lowest BCUT2D eigenvalue weighted by Crippen LogP contribution is -2.14. The summed E-state index contributed by atoms with van der Waals surface area (Å²) in [5.74, 6) is 0.0602. The largest absolute Gasteiger partial charge is 0.324 e. The summed E-state index contributed by atoms with van der Waals surface area (Å²) in [5.41, 5.74) is 5.61. The first-order valence-electron chi connectivity index (χ1n) is 11.0. The van der Waals surface area contributed by atoms with Gasteiger partial charge in [-0.2, -0.15) is 0 Å². The van der Waals surface area contributed by atoms with E-state index in [1.165, 1.54) is 40.4 Å². The summed E-state index contributed by atoms with van der Waals surface area (Å²) in [5, 5.41) is 5.77. The second kappa shape index (κ2) is 9.74. The number of aryl methyl sites for hydroxylation is 2. The van der Waals surface area contributed by atoms with Crippen molar-refractivity contribution in [2.45, 2.75) is 50.5 Å². The number of thioether (sulfide) groups is 1. The predicted molar refractivity (Wildman–Crippen MR) is 139 cm³/mol. The average molecular weight is 518 g/mol. The number of hydrogen-bond acceptors (Lipinski definition) is 6. The van der Waals surface area contributed by atoms with Crippen LogP contribution >= 0.6 is 46.3 Å².